The van der Waals surface area contributed by atoms with Crippen LogP contribution in [0, 0.1) is 0 Å². The van der Waals surface area contributed by atoms with E-state index in [-0.39, 0.29) is 5.91 Å². The van der Waals surface area contributed by atoms with E-state index in [1.165, 1.54) is 0 Å². The van der Waals surface area contributed by atoms with Crippen LogP contribution in [0.2, 0.25) is 0 Å². The van der Waals surface area contributed by atoms with Gasteiger partial charge in [0, 0.05) is 17.9 Å². The molecule has 0 bridgehead atoms. The summed E-state index contributed by atoms with van der Waals surface area (Å²) in [6, 6.07) is 18.5. The first kappa shape index (κ1) is 17.3. The van der Waals surface area contributed by atoms with Crippen molar-refractivity contribution < 1.29 is 19.1 Å². The second-order valence-electron chi connectivity index (χ2n) is 7.24. The summed E-state index contributed by atoms with van der Waals surface area (Å²) in [7, 11) is 0. The first-order chi connectivity index (χ1) is 13.5. The highest BCUT2D eigenvalue weighted by Crippen LogP contribution is 2.63. The van der Waals surface area contributed by atoms with E-state index in [2.05, 4.69) is 0 Å². The van der Waals surface area contributed by atoms with Crippen LogP contribution < -0.4 is 0 Å². The molecule has 0 aliphatic carbocycles. The number of amides is 3. The molecule has 0 N–H and O–H groups in total. The molecule has 142 valence electrons. The van der Waals surface area contributed by atoms with Crippen LogP contribution in [0.5, 0.6) is 0 Å². The van der Waals surface area contributed by atoms with E-state index in [4.69, 9.17) is 4.74 Å². The molecule has 0 spiro atoms. The number of imide groups is 1. The smallest absolute Gasteiger partial charge is 0.418 e. The largest absolute Gasteiger partial charge is 0.431 e. The first-order valence-electron chi connectivity index (χ1n) is 9.13. The van der Waals surface area contributed by atoms with Crippen molar-refractivity contribution in [2.75, 3.05) is 12.3 Å². The molecule has 7 heteroatoms. The van der Waals surface area contributed by atoms with E-state index in [0.29, 0.717) is 12.1 Å². The second kappa shape index (κ2) is 5.85. The molecule has 28 heavy (non-hydrogen) atoms. The highest BCUT2D eigenvalue weighted by Gasteiger charge is 2.77. The van der Waals surface area contributed by atoms with Gasteiger partial charge in [0.15, 0.2) is 5.54 Å². The van der Waals surface area contributed by atoms with E-state index in [0.717, 1.165) is 16.2 Å². The number of nitrogens with zero attached hydrogens (tertiary/aromatic N) is 2. The normalized spacial score (nSPS) is 31.6. The first-order valence-corrected chi connectivity index (χ1v) is 10.1. The molecular formula is C21H18N2O4S. The van der Waals surface area contributed by atoms with Gasteiger partial charge in [-0.25, -0.2) is 9.69 Å². The topological polar surface area (TPSA) is 66.9 Å². The number of rotatable bonds is 3. The van der Waals surface area contributed by atoms with Gasteiger partial charge in [0.05, 0.1) is 0 Å². The molecule has 2 aromatic rings. The van der Waals surface area contributed by atoms with Crippen LogP contribution in [-0.4, -0.2) is 45.5 Å². The van der Waals surface area contributed by atoms with E-state index in [1.54, 1.807) is 47.9 Å². The van der Waals surface area contributed by atoms with Crippen LogP contribution in [0.3, 0.4) is 0 Å². The summed E-state index contributed by atoms with van der Waals surface area (Å²) < 4.78 is 5.43. The van der Waals surface area contributed by atoms with Crippen molar-refractivity contribution in [3.05, 3.63) is 71.8 Å². The number of benzene rings is 2. The maximum absolute atomic E-state index is 13.3. The van der Waals surface area contributed by atoms with Crippen LogP contribution in [0.15, 0.2) is 60.7 Å². The third kappa shape index (κ3) is 1.92. The Bertz CT molecular complexity index is 982. The van der Waals surface area contributed by atoms with Crippen LogP contribution in [0.1, 0.15) is 24.2 Å². The number of thioether (sulfide) groups is 1. The predicted molar refractivity (Wildman–Crippen MR) is 103 cm³/mol. The summed E-state index contributed by atoms with van der Waals surface area (Å²) in [6.07, 6.45) is -1.79. The maximum atomic E-state index is 13.3. The van der Waals surface area contributed by atoms with Gasteiger partial charge in [-0.2, -0.15) is 0 Å². The molecule has 3 fully saturated rings. The van der Waals surface area contributed by atoms with E-state index in [9.17, 15) is 14.4 Å². The number of hydrogen-bond donors (Lipinski definition) is 0. The van der Waals surface area contributed by atoms with Gasteiger partial charge in [-0.15, -0.1) is 11.8 Å². The number of carbonyl (C=O) groups excluding carboxylic acids is 3. The quantitative estimate of drug-likeness (QED) is 0.749. The molecule has 6 nitrogen and oxygen atoms in total. The Hall–Kier alpha value is -2.80. The highest BCUT2D eigenvalue weighted by atomic mass is 32.2. The van der Waals surface area contributed by atoms with E-state index < -0.39 is 28.5 Å². The molecule has 3 saturated heterocycles. The fourth-order valence-corrected chi connectivity index (χ4v) is 6.27. The van der Waals surface area contributed by atoms with Crippen molar-refractivity contribution in [3.63, 3.8) is 0 Å². The molecule has 3 amide bonds. The van der Waals surface area contributed by atoms with Crippen molar-refractivity contribution in [1.82, 2.24) is 9.80 Å². The Morgan fingerprint density at radius 1 is 1.00 bits per heavy atom. The Morgan fingerprint density at radius 2 is 1.64 bits per heavy atom. The summed E-state index contributed by atoms with van der Waals surface area (Å²) in [5, 5.41) is 0. The lowest BCUT2D eigenvalue weighted by Gasteiger charge is -2.61. The SMILES string of the molecule is C[C@@]1(N2C(=O)O[C@@H](c3ccccc3)C2=O)C(=O)N2CCS[C@@]21c1ccccc1. The van der Waals surface area contributed by atoms with Gasteiger partial charge in [0.2, 0.25) is 6.10 Å². The minimum atomic E-state index is -1.33. The molecule has 0 aromatic heterocycles. The molecule has 3 atom stereocenters. The summed E-state index contributed by atoms with van der Waals surface area (Å²) in [6.45, 7) is 2.27. The molecule has 3 heterocycles. The predicted octanol–water partition coefficient (Wildman–Crippen LogP) is 2.91. The summed E-state index contributed by atoms with van der Waals surface area (Å²) in [5.41, 5.74) is 0.180. The summed E-state index contributed by atoms with van der Waals surface area (Å²) in [5.74, 6) is 0.0324. The maximum Gasteiger partial charge on any atom is 0.418 e. The fourth-order valence-electron chi connectivity index (χ4n) is 4.61. The van der Waals surface area contributed by atoms with Crippen LogP contribution in [-0.2, 0) is 19.2 Å². The number of hydrogen-bond acceptors (Lipinski definition) is 5. The van der Waals surface area contributed by atoms with Gasteiger partial charge in [-0.3, -0.25) is 9.59 Å². The van der Waals surface area contributed by atoms with E-state index >= 15 is 0 Å². The monoisotopic (exact) mass is 394 g/mol. The zero-order valence-corrected chi connectivity index (χ0v) is 16.0. The fraction of sp³-hybridized carbons (Fsp3) is 0.286. The average molecular weight is 394 g/mol. The minimum Gasteiger partial charge on any atom is -0.431 e. The zero-order chi connectivity index (χ0) is 19.5. The Balaban J connectivity index is 1.60. The molecule has 5 rings (SSSR count). The number of β-lactam (4-membered cyclic amide) rings is 1. The van der Waals surface area contributed by atoms with Gasteiger partial charge in [-0.1, -0.05) is 60.7 Å². The van der Waals surface area contributed by atoms with Crippen molar-refractivity contribution in [1.29, 1.82) is 0 Å². The zero-order valence-electron chi connectivity index (χ0n) is 15.2. The lowest BCUT2D eigenvalue weighted by Crippen LogP contribution is -2.82. The summed E-state index contributed by atoms with van der Waals surface area (Å²) in [4.78, 5) is 41.3. The Kier molecular flexibility index (Phi) is 3.61. The van der Waals surface area contributed by atoms with Crippen LogP contribution in [0.25, 0.3) is 0 Å². The molecule has 0 unspecified atom stereocenters. The van der Waals surface area contributed by atoms with Gasteiger partial charge >= 0.3 is 6.09 Å². The average Bonchev–Trinajstić information content (AvgIpc) is 3.28. The molecule has 2 aromatic carbocycles. The van der Waals surface area contributed by atoms with Crippen LogP contribution >= 0.6 is 11.8 Å². The third-order valence-electron chi connectivity index (χ3n) is 5.89. The van der Waals surface area contributed by atoms with Crippen molar-refractivity contribution in [2.24, 2.45) is 0 Å². The number of cyclic esters (lactones) is 1. The van der Waals surface area contributed by atoms with E-state index in [1.807, 2.05) is 36.4 Å². The lowest BCUT2D eigenvalue weighted by atomic mass is 9.74. The Morgan fingerprint density at radius 3 is 2.32 bits per heavy atom. The molecular weight excluding hydrogens is 376 g/mol. The third-order valence-corrected chi connectivity index (χ3v) is 7.55. The summed E-state index contributed by atoms with van der Waals surface area (Å²) >= 11 is 1.59. The van der Waals surface area contributed by atoms with Gasteiger partial charge in [0.1, 0.15) is 4.87 Å². The van der Waals surface area contributed by atoms with Gasteiger partial charge in [0.25, 0.3) is 11.8 Å². The van der Waals surface area contributed by atoms with Crippen LogP contribution in [0.4, 0.5) is 4.79 Å². The number of ether oxygens (including phenoxy) is 1. The second-order valence-corrected chi connectivity index (χ2v) is 8.52. The molecule has 3 aliphatic heterocycles. The van der Waals surface area contributed by atoms with Gasteiger partial charge < -0.3 is 9.64 Å². The lowest BCUT2D eigenvalue weighted by molar-refractivity contribution is -0.178. The van der Waals surface area contributed by atoms with Crippen molar-refractivity contribution in [3.8, 4) is 0 Å². The minimum absolute atomic E-state index is 0.222. The van der Waals surface area contributed by atoms with Gasteiger partial charge in [-0.05, 0) is 12.5 Å². The standard InChI is InChI=1S/C21H18N2O4S/c1-20(23-17(24)16(27-19(23)26)14-8-4-2-5-9-14)18(25)22-12-13-28-21(20,22)15-10-6-3-7-11-15/h2-11,16H,12-13H2,1H3/t16-,20+,21+/m0/s1. The number of carbonyl (C=O) groups is 3. The Labute approximate surface area is 166 Å². The molecule has 0 saturated carbocycles. The molecule has 0 radical (unpaired) electrons. The highest BCUT2D eigenvalue weighted by molar-refractivity contribution is 8.00. The van der Waals surface area contributed by atoms with Crippen molar-refractivity contribution in [2.45, 2.75) is 23.4 Å². The number of fused-ring (bicyclic) bond motifs is 1. The van der Waals surface area contributed by atoms with Crippen molar-refractivity contribution >= 4 is 29.7 Å². The molecule has 3 aliphatic rings.